The number of aryl methyl sites for hydroxylation is 1. The lowest BCUT2D eigenvalue weighted by Crippen LogP contribution is -2.25. The van der Waals surface area contributed by atoms with E-state index >= 15 is 0 Å². The standard InChI is InChI=1S/C19H18BrN5O2/c1-13-2-4-14(5-3-13)17(26)10-11-19(27)21-12-18-22-23-24-25(18)16-8-6-15(20)7-9-16/h2-9H,10-12H2,1H3,(H,21,27). The molecule has 0 fully saturated rings. The second-order valence-electron chi connectivity index (χ2n) is 6.05. The first-order chi connectivity index (χ1) is 13.0. The summed E-state index contributed by atoms with van der Waals surface area (Å²) in [5, 5.41) is 14.3. The molecular weight excluding hydrogens is 410 g/mol. The van der Waals surface area contributed by atoms with Gasteiger partial charge in [-0.25, -0.2) is 0 Å². The minimum absolute atomic E-state index is 0.0511. The topological polar surface area (TPSA) is 89.8 Å². The zero-order valence-electron chi connectivity index (χ0n) is 14.7. The van der Waals surface area contributed by atoms with Gasteiger partial charge in [-0.3, -0.25) is 9.59 Å². The molecule has 3 aromatic rings. The van der Waals surface area contributed by atoms with Gasteiger partial charge in [0.15, 0.2) is 11.6 Å². The molecule has 0 unspecified atom stereocenters. The van der Waals surface area contributed by atoms with E-state index in [0.717, 1.165) is 15.7 Å². The van der Waals surface area contributed by atoms with E-state index in [1.54, 1.807) is 16.8 Å². The third kappa shape index (κ3) is 5.07. The van der Waals surface area contributed by atoms with Gasteiger partial charge in [0.25, 0.3) is 0 Å². The lowest BCUT2D eigenvalue weighted by atomic mass is 10.1. The number of hydrogen-bond acceptors (Lipinski definition) is 5. The Morgan fingerprint density at radius 2 is 1.74 bits per heavy atom. The van der Waals surface area contributed by atoms with Crippen molar-refractivity contribution < 1.29 is 9.59 Å². The average molecular weight is 428 g/mol. The molecular formula is C19H18BrN5O2. The fraction of sp³-hybridized carbons (Fsp3) is 0.211. The second kappa shape index (κ2) is 8.68. The highest BCUT2D eigenvalue weighted by Gasteiger charge is 2.12. The predicted molar refractivity (Wildman–Crippen MR) is 103 cm³/mol. The highest BCUT2D eigenvalue weighted by atomic mass is 79.9. The monoisotopic (exact) mass is 427 g/mol. The van der Waals surface area contributed by atoms with Crippen LogP contribution in [-0.4, -0.2) is 31.9 Å². The smallest absolute Gasteiger partial charge is 0.220 e. The Kier molecular flexibility index (Phi) is 6.08. The zero-order chi connectivity index (χ0) is 19.2. The highest BCUT2D eigenvalue weighted by Crippen LogP contribution is 2.14. The van der Waals surface area contributed by atoms with Crippen molar-refractivity contribution in [2.24, 2.45) is 0 Å². The number of tetrazole rings is 1. The Hall–Kier alpha value is -2.87. The van der Waals surface area contributed by atoms with Gasteiger partial charge in [0.05, 0.1) is 12.2 Å². The summed E-state index contributed by atoms with van der Waals surface area (Å²) in [6.07, 6.45) is 0.277. The SMILES string of the molecule is Cc1ccc(C(=O)CCC(=O)NCc2nnnn2-c2ccc(Br)cc2)cc1. The van der Waals surface area contributed by atoms with Crippen molar-refractivity contribution in [1.29, 1.82) is 0 Å². The van der Waals surface area contributed by atoms with Crippen LogP contribution in [0.25, 0.3) is 5.69 Å². The fourth-order valence-corrected chi connectivity index (χ4v) is 2.74. The molecule has 138 valence electrons. The molecule has 0 spiro atoms. The minimum Gasteiger partial charge on any atom is -0.349 e. The van der Waals surface area contributed by atoms with Gasteiger partial charge in [-0.05, 0) is 41.6 Å². The molecule has 1 N–H and O–H groups in total. The van der Waals surface area contributed by atoms with Gasteiger partial charge in [-0.2, -0.15) is 4.68 Å². The van der Waals surface area contributed by atoms with Crippen molar-refractivity contribution in [2.75, 3.05) is 0 Å². The molecule has 1 heterocycles. The number of amides is 1. The molecule has 8 heteroatoms. The number of benzene rings is 2. The first-order valence-electron chi connectivity index (χ1n) is 8.42. The molecule has 1 amide bonds. The summed E-state index contributed by atoms with van der Waals surface area (Å²) >= 11 is 3.38. The average Bonchev–Trinajstić information content (AvgIpc) is 3.14. The van der Waals surface area contributed by atoms with Crippen LogP contribution in [0.3, 0.4) is 0 Å². The molecule has 3 rings (SSSR count). The molecule has 1 aromatic heterocycles. The molecule has 7 nitrogen and oxygen atoms in total. The lowest BCUT2D eigenvalue weighted by Gasteiger charge is -2.07. The molecule has 0 aliphatic rings. The quantitative estimate of drug-likeness (QED) is 0.585. The Labute approximate surface area is 164 Å². The normalized spacial score (nSPS) is 10.6. The highest BCUT2D eigenvalue weighted by molar-refractivity contribution is 9.10. The Balaban J connectivity index is 1.52. The van der Waals surface area contributed by atoms with Crippen LogP contribution >= 0.6 is 15.9 Å². The molecule has 0 saturated carbocycles. The van der Waals surface area contributed by atoms with E-state index in [2.05, 4.69) is 36.8 Å². The second-order valence-corrected chi connectivity index (χ2v) is 6.96. The Morgan fingerprint density at radius 1 is 1.04 bits per heavy atom. The molecule has 27 heavy (non-hydrogen) atoms. The Bertz CT molecular complexity index is 935. The van der Waals surface area contributed by atoms with Gasteiger partial charge >= 0.3 is 0 Å². The third-order valence-corrected chi connectivity index (χ3v) is 4.53. The van der Waals surface area contributed by atoms with E-state index in [-0.39, 0.29) is 31.1 Å². The first-order valence-corrected chi connectivity index (χ1v) is 9.22. The van der Waals surface area contributed by atoms with Gasteiger partial charge in [0.2, 0.25) is 5.91 Å². The number of carbonyl (C=O) groups is 2. The van der Waals surface area contributed by atoms with E-state index < -0.39 is 0 Å². The molecule has 0 bridgehead atoms. The van der Waals surface area contributed by atoms with Gasteiger partial charge < -0.3 is 5.32 Å². The fourth-order valence-electron chi connectivity index (χ4n) is 2.48. The van der Waals surface area contributed by atoms with Gasteiger partial charge in [0, 0.05) is 22.9 Å². The van der Waals surface area contributed by atoms with Crippen molar-refractivity contribution in [3.8, 4) is 5.69 Å². The summed E-state index contributed by atoms with van der Waals surface area (Å²) in [4.78, 5) is 24.2. The van der Waals surface area contributed by atoms with Crippen LogP contribution in [0.2, 0.25) is 0 Å². The Morgan fingerprint density at radius 3 is 2.44 bits per heavy atom. The van der Waals surface area contributed by atoms with Crippen LogP contribution < -0.4 is 5.32 Å². The number of aromatic nitrogens is 4. The van der Waals surface area contributed by atoms with Crippen LogP contribution in [0.15, 0.2) is 53.0 Å². The van der Waals surface area contributed by atoms with Gasteiger partial charge in [-0.15, -0.1) is 5.10 Å². The largest absolute Gasteiger partial charge is 0.349 e. The summed E-state index contributed by atoms with van der Waals surface area (Å²) in [5.74, 6) is 0.237. The van der Waals surface area contributed by atoms with Crippen molar-refractivity contribution in [3.05, 3.63) is 70.0 Å². The summed E-state index contributed by atoms with van der Waals surface area (Å²) in [7, 11) is 0. The van der Waals surface area contributed by atoms with Crippen LogP contribution in [0, 0.1) is 6.92 Å². The molecule has 0 radical (unpaired) electrons. The lowest BCUT2D eigenvalue weighted by molar-refractivity contribution is -0.121. The molecule has 0 atom stereocenters. The van der Waals surface area contributed by atoms with E-state index in [1.165, 1.54) is 0 Å². The maximum absolute atomic E-state index is 12.1. The number of halogens is 1. The number of hydrogen-bond donors (Lipinski definition) is 1. The predicted octanol–water partition coefficient (Wildman–Crippen LogP) is 3.01. The summed E-state index contributed by atoms with van der Waals surface area (Å²) in [6.45, 7) is 2.14. The summed E-state index contributed by atoms with van der Waals surface area (Å²) in [5.41, 5.74) is 2.50. The number of ketones is 1. The summed E-state index contributed by atoms with van der Waals surface area (Å²) in [6, 6.07) is 14.8. The van der Waals surface area contributed by atoms with E-state index in [1.807, 2.05) is 43.3 Å². The minimum atomic E-state index is -0.221. The van der Waals surface area contributed by atoms with E-state index in [9.17, 15) is 9.59 Å². The van der Waals surface area contributed by atoms with Crippen molar-refractivity contribution in [3.63, 3.8) is 0 Å². The zero-order valence-corrected chi connectivity index (χ0v) is 16.3. The molecule has 0 saturated heterocycles. The number of nitrogens with one attached hydrogen (secondary N) is 1. The first kappa shape index (κ1) is 18.9. The summed E-state index contributed by atoms with van der Waals surface area (Å²) < 4.78 is 2.51. The van der Waals surface area contributed by atoms with Gasteiger partial charge in [0.1, 0.15) is 0 Å². The molecule has 0 aliphatic carbocycles. The number of rotatable bonds is 7. The van der Waals surface area contributed by atoms with Gasteiger partial charge in [-0.1, -0.05) is 45.8 Å². The number of carbonyl (C=O) groups excluding carboxylic acids is 2. The maximum atomic E-state index is 12.1. The van der Waals surface area contributed by atoms with Crippen LogP contribution in [0.5, 0.6) is 0 Å². The maximum Gasteiger partial charge on any atom is 0.220 e. The van der Waals surface area contributed by atoms with E-state index in [0.29, 0.717) is 11.4 Å². The van der Waals surface area contributed by atoms with Crippen LogP contribution in [-0.2, 0) is 11.3 Å². The van der Waals surface area contributed by atoms with Crippen LogP contribution in [0.4, 0.5) is 0 Å². The van der Waals surface area contributed by atoms with Crippen molar-refractivity contribution in [2.45, 2.75) is 26.3 Å². The molecule has 0 aliphatic heterocycles. The molecule has 2 aromatic carbocycles. The third-order valence-electron chi connectivity index (χ3n) is 4.00. The van der Waals surface area contributed by atoms with Crippen LogP contribution in [0.1, 0.15) is 34.6 Å². The van der Waals surface area contributed by atoms with Crippen molar-refractivity contribution >= 4 is 27.6 Å². The number of nitrogens with zero attached hydrogens (tertiary/aromatic N) is 4. The van der Waals surface area contributed by atoms with Crippen molar-refractivity contribution in [1.82, 2.24) is 25.5 Å². The van der Waals surface area contributed by atoms with E-state index in [4.69, 9.17) is 0 Å². The number of Topliss-reactive ketones (excluding diaryl/α,β-unsaturated/α-hetero) is 1.